The molecule has 0 aromatic heterocycles. The molecule has 1 aromatic carbocycles. The number of ether oxygens (including phenoxy) is 1. The molecule has 0 fully saturated rings. The average Bonchev–Trinajstić information content (AvgIpc) is 2.47. The summed E-state index contributed by atoms with van der Waals surface area (Å²) in [5.41, 5.74) is -1.04. The number of nitrogens with one attached hydrogen (secondary N) is 2. The average molecular weight is 342 g/mol. The van der Waals surface area contributed by atoms with Crippen molar-refractivity contribution in [3.63, 3.8) is 0 Å². The van der Waals surface area contributed by atoms with Crippen molar-refractivity contribution in [1.29, 1.82) is 0 Å². The van der Waals surface area contributed by atoms with Crippen molar-refractivity contribution in [1.82, 2.24) is 5.32 Å². The van der Waals surface area contributed by atoms with Crippen LogP contribution in [0.3, 0.4) is 0 Å². The summed E-state index contributed by atoms with van der Waals surface area (Å²) in [6.07, 6.45) is 0. The lowest BCUT2D eigenvalue weighted by Gasteiger charge is -2.20. The number of anilines is 1. The van der Waals surface area contributed by atoms with Gasteiger partial charge in [-0.3, -0.25) is 9.59 Å². The first-order valence-corrected chi connectivity index (χ1v) is 7.23. The molecule has 0 spiro atoms. The normalized spacial score (nSPS) is 12.2. The Morgan fingerprint density at radius 3 is 2.42 bits per heavy atom. The van der Waals surface area contributed by atoms with Crippen molar-refractivity contribution in [2.24, 2.45) is 5.41 Å². The number of benzene rings is 1. The number of rotatable bonds is 5. The molecule has 0 bridgehead atoms. The van der Waals surface area contributed by atoms with Gasteiger partial charge in [-0.25, -0.2) is 13.6 Å². The summed E-state index contributed by atoms with van der Waals surface area (Å²) in [5, 5.41) is 4.55. The van der Waals surface area contributed by atoms with Gasteiger partial charge in [-0.1, -0.05) is 20.8 Å². The Labute approximate surface area is 138 Å². The van der Waals surface area contributed by atoms with E-state index in [4.69, 9.17) is 4.74 Å². The highest BCUT2D eigenvalue weighted by Crippen LogP contribution is 2.15. The van der Waals surface area contributed by atoms with E-state index in [2.05, 4.69) is 10.6 Å². The van der Waals surface area contributed by atoms with E-state index in [1.54, 1.807) is 20.8 Å². The van der Waals surface area contributed by atoms with Crippen LogP contribution in [0, 0.1) is 17.0 Å². The Hall–Kier alpha value is -2.51. The maximum absolute atomic E-state index is 13.4. The van der Waals surface area contributed by atoms with Gasteiger partial charge in [0.25, 0.3) is 5.91 Å². The summed E-state index contributed by atoms with van der Waals surface area (Å²) in [6, 6.07) is 1.63. The fraction of sp³-hybridized carbons (Fsp3) is 0.438. The van der Waals surface area contributed by atoms with Crippen LogP contribution in [-0.4, -0.2) is 30.4 Å². The first kappa shape index (κ1) is 19.5. The third kappa shape index (κ3) is 5.94. The number of hydrogen-bond donors (Lipinski definition) is 2. The molecule has 6 nitrogen and oxygen atoms in total. The van der Waals surface area contributed by atoms with Crippen molar-refractivity contribution in [2.75, 3.05) is 11.9 Å². The second-order valence-electron chi connectivity index (χ2n) is 6.23. The molecule has 24 heavy (non-hydrogen) atoms. The molecule has 2 amide bonds. The SMILES string of the molecule is C[C@H](NC(=O)C(C)(C)C)C(=O)OCC(=O)Nc1cc(F)ccc1F. The zero-order chi connectivity index (χ0) is 18.5. The first-order valence-electron chi connectivity index (χ1n) is 7.23. The maximum atomic E-state index is 13.4. The van der Waals surface area contributed by atoms with Crippen molar-refractivity contribution in [3.8, 4) is 0 Å². The van der Waals surface area contributed by atoms with Crippen molar-refractivity contribution < 1.29 is 27.9 Å². The van der Waals surface area contributed by atoms with Crippen LogP contribution in [0.25, 0.3) is 0 Å². The number of carbonyl (C=O) groups is 3. The topological polar surface area (TPSA) is 84.5 Å². The Balaban J connectivity index is 2.50. The molecule has 8 heteroatoms. The van der Waals surface area contributed by atoms with E-state index in [9.17, 15) is 23.2 Å². The van der Waals surface area contributed by atoms with Gasteiger partial charge in [-0.05, 0) is 19.1 Å². The van der Waals surface area contributed by atoms with Crippen molar-refractivity contribution >= 4 is 23.5 Å². The maximum Gasteiger partial charge on any atom is 0.328 e. The van der Waals surface area contributed by atoms with E-state index < -0.39 is 41.6 Å². The summed E-state index contributed by atoms with van der Waals surface area (Å²) in [5.74, 6) is -3.54. The molecule has 0 heterocycles. The van der Waals surface area contributed by atoms with Crippen LogP contribution in [-0.2, 0) is 19.1 Å². The molecule has 0 radical (unpaired) electrons. The third-order valence-corrected chi connectivity index (χ3v) is 2.93. The lowest BCUT2D eigenvalue weighted by Crippen LogP contribution is -2.45. The number of esters is 1. The van der Waals surface area contributed by atoms with Gasteiger partial charge in [0.1, 0.15) is 17.7 Å². The van der Waals surface area contributed by atoms with Crippen LogP contribution in [0.5, 0.6) is 0 Å². The van der Waals surface area contributed by atoms with Crippen LogP contribution in [0.1, 0.15) is 27.7 Å². The summed E-state index contributed by atoms with van der Waals surface area (Å²) < 4.78 is 31.1. The molecule has 1 aromatic rings. The van der Waals surface area contributed by atoms with Gasteiger partial charge < -0.3 is 15.4 Å². The summed E-state index contributed by atoms with van der Waals surface area (Å²) in [7, 11) is 0. The Kier molecular flexibility index (Phi) is 6.39. The largest absolute Gasteiger partial charge is 0.454 e. The Bertz CT molecular complexity index is 641. The minimum absolute atomic E-state index is 0.349. The second-order valence-corrected chi connectivity index (χ2v) is 6.23. The van der Waals surface area contributed by atoms with E-state index in [1.807, 2.05) is 0 Å². The van der Waals surface area contributed by atoms with Gasteiger partial charge in [0.2, 0.25) is 5.91 Å². The van der Waals surface area contributed by atoms with Crippen LogP contribution < -0.4 is 10.6 Å². The predicted octanol–water partition coefficient (Wildman–Crippen LogP) is 2.00. The standard InChI is InChI=1S/C16H20F2N2O4/c1-9(19-15(23)16(2,3)4)14(22)24-8-13(21)20-12-7-10(17)5-6-11(12)18/h5-7,9H,8H2,1-4H3,(H,19,23)(H,20,21)/t9-/m0/s1. The van der Waals surface area contributed by atoms with Crippen LogP contribution >= 0.6 is 0 Å². The lowest BCUT2D eigenvalue weighted by molar-refractivity contribution is -0.150. The summed E-state index contributed by atoms with van der Waals surface area (Å²) in [4.78, 5) is 35.1. The highest BCUT2D eigenvalue weighted by molar-refractivity contribution is 5.93. The van der Waals surface area contributed by atoms with Crippen LogP contribution in [0.15, 0.2) is 18.2 Å². The lowest BCUT2D eigenvalue weighted by atomic mass is 9.95. The highest BCUT2D eigenvalue weighted by atomic mass is 19.1. The minimum atomic E-state index is -0.949. The number of carbonyl (C=O) groups excluding carboxylic acids is 3. The molecular weight excluding hydrogens is 322 g/mol. The molecule has 1 rings (SSSR count). The van der Waals surface area contributed by atoms with Crippen molar-refractivity contribution in [2.45, 2.75) is 33.7 Å². The van der Waals surface area contributed by atoms with Gasteiger partial charge in [0.15, 0.2) is 6.61 Å². The van der Waals surface area contributed by atoms with E-state index in [0.29, 0.717) is 0 Å². The third-order valence-electron chi connectivity index (χ3n) is 2.93. The van der Waals surface area contributed by atoms with Gasteiger partial charge in [0.05, 0.1) is 5.69 Å². The number of hydrogen-bond acceptors (Lipinski definition) is 4. The van der Waals surface area contributed by atoms with E-state index >= 15 is 0 Å². The molecule has 0 saturated heterocycles. The molecule has 0 unspecified atom stereocenters. The minimum Gasteiger partial charge on any atom is -0.454 e. The predicted molar refractivity (Wildman–Crippen MR) is 83.0 cm³/mol. The van der Waals surface area contributed by atoms with Gasteiger partial charge in [-0.15, -0.1) is 0 Å². The highest BCUT2D eigenvalue weighted by Gasteiger charge is 2.26. The monoisotopic (exact) mass is 342 g/mol. The van der Waals surface area contributed by atoms with Crippen molar-refractivity contribution in [3.05, 3.63) is 29.8 Å². The molecule has 2 N–H and O–H groups in total. The van der Waals surface area contributed by atoms with Crippen LogP contribution in [0.2, 0.25) is 0 Å². The molecule has 0 aliphatic heterocycles. The zero-order valence-electron chi connectivity index (χ0n) is 13.9. The van der Waals surface area contributed by atoms with E-state index in [0.717, 1.165) is 18.2 Å². The molecular formula is C16H20F2N2O4. The smallest absolute Gasteiger partial charge is 0.328 e. The fourth-order valence-electron chi connectivity index (χ4n) is 1.51. The number of halogens is 2. The Morgan fingerprint density at radius 1 is 1.21 bits per heavy atom. The molecule has 1 atom stereocenters. The summed E-state index contributed by atoms with van der Waals surface area (Å²) in [6.45, 7) is 5.77. The summed E-state index contributed by atoms with van der Waals surface area (Å²) >= 11 is 0. The fourth-order valence-corrected chi connectivity index (χ4v) is 1.51. The van der Waals surface area contributed by atoms with Gasteiger partial charge in [0, 0.05) is 11.5 Å². The Morgan fingerprint density at radius 2 is 1.83 bits per heavy atom. The number of amides is 2. The van der Waals surface area contributed by atoms with E-state index in [1.165, 1.54) is 6.92 Å². The van der Waals surface area contributed by atoms with Crippen LogP contribution in [0.4, 0.5) is 14.5 Å². The molecule has 0 saturated carbocycles. The second kappa shape index (κ2) is 7.85. The molecule has 0 aliphatic carbocycles. The quantitative estimate of drug-likeness (QED) is 0.802. The first-order chi connectivity index (χ1) is 11.0. The molecule has 0 aliphatic rings. The van der Waals surface area contributed by atoms with Gasteiger partial charge >= 0.3 is 5.97 Å². The van der Waals surface area contributed by atoms with E-state index in [-0.39, 0.29) is 11.6 Å². The van der Waals surface area contributed by atoms with Gasteiger partial charge in [-0.2, -0.15) is 0 Å². The zero-order valence-corrected chi connectivity index (χ0v) is 13.9. The molecule has 132 valence electrons.